The second-order valence-corrected chi connectivity index (χ2v) is 10.6. The number of hydrogen-bond donors (Lipinski definition) is 1. The van der Waals surface area contributed by atoms with Crippen LogP contribution in [0.3, 0.4) is 0 Å². The molecule has 0 heterocycles. The molecule has 0 radical (unpaired) electrons. The Labute approximate surface area is 222 Å². The number of halogens is 1. The molecule has 4 aromatic carbocycles. The summed E-state index contributed by atoms with van der Waals surface area (Å²) in [5, 5.41) is 2.99. The smallest absolute Gasteiger partial charge is 0.264 e. The number of amides is 1. The predicted octanol–water partition coefficient (Wildman–Crippen LogP) is 5.63. The van der Waals surface area contributed by atoms with Crippen molar-refractivity contribution in [1.29, 1.82) is 0 Å². The van der Waals surface area contributed by atoms with Gasteiger partial charge in [0.05, 0.1) is 23.2 Å². The van der Waals surface area contributed by atoms with Gasteiger partial charge >= 0.3 is 0 Å². The molecule has 0 saturated carbocycles. The highest BCUT2D eigenvalue weighted by molar-refractivity contribution is 7.92. The number of nitrogens with one attached hydrogen (secondary N) is 1. The van der Waals surface area contributed by atoms with Gasteiger partial charge in [-0.2, -0.15) is 0 Å². The van der Waals surface area contributed by atoms with E-state index in [0.717, 1.165) is 33.1 Å². The van der Waals surface area contributed by atoms with Gasteiger partial charge in [0.15, 0.2) is 0 Å². The first-order valence-electron chi connectivity index (χ1n) is 12.2. The van der Waals surface area contributed by atoms with Crippen molar-refractivity contribution in [3.63, 3.8) is 0 Å². The minimum atomic E-state index is -4.17. The van der Waals surface area contributed by atoms with E-state index in [1.165, 1.54) is 24.3 Å². The van der Waals surface area contributed by atoms with Gasteiger partial charge < -0.3 is 10.1 Å². The molecule has 1 N–H and O–H groups in total. The van der Waals surface area contributed by atoms with Gasteiger partial charge in [0.2, 0.25) is 5.91 Å². The number of carbonyl (C=O) groups excluding carboxylic acids is 1. The molecule has 1 atom stereocenters. The summed E-state index contributed by atoms with van der Waals surface area (Å²) in [5.41, 5.74) is 2.96. The number of anilines is 1. The van der Waals surface area contributed by atoms with Crippen molar-refractivity contribution >= 4 is 21.6 Å². The number of benzene rings is 4. The lowest BCUT2D eigenvalue weighted by molar-refractivity contribution is -0.120. The lowest BCUT2D eigenvalue weighted by atomic mass is 9.98. The molecule has 4 rings (SSSR count). The minimum Gasteiger partial charge on any atom is -0.494 e. The summed E-state index contributed by atoms with van der Waals surface area (Å²) in [5.74, 6) is -0.500. The summed E-state index contributed by atoms with van der Waals surface area (Å²) in [6, 6.07) is 27.7. The lowest BCUT2D eigenvalue weighted by Gasteiger charge is -2.26. The first kappa shape index (κ1) is 26.9. The highest BCUT2D eigenvalue weighted by atomic mass is 32.2. The van der Waals surface area contributed by atoms with Crippen molar-refractivity contribution in [3.8, 4) is 5.75 Å². The Morgan fingerprint density at radius 3 is 2.08 bits per heavy atom. The molecule has 0 unspecified atom stereocenters. The molecule has 6 nitrogen and oxygen atoms in total. The summed E-state index contributed by atoms with van der Waals surface area (Å²) in [6.45, 7) is 3.75. The van der Waals surface area contributed by atoms with Gasteiger partial charge in [0.25, 0.3) is 10.0 Å². The van der Waals surface area contributed by atoms with Crippen molar-refractivity contribution in [3.05, 3.63) is 126 Å². The predicted molar refractivity (Wildman–Crippen MR) is 146 cm³/mol. The van der Waals surface area contributed by atoms with Crippen LogP contribution in [0.5, 0.6) is 5.75 Å². The molecule has 0 aliphatic heterocycles. The Hall–Kier alpha value is -4.17. The van der Waals surface area contributed by atoms with E-state index in [0.29, 0.717) is 12.4 Å². The monoisotopic (exact) mass is 532 g/mol. The van der Waals surface area contributed by atoms with Crippen molar-refractivity contribution in [2.75, 3.05) is 17.5 Å². The number of carbonyl (C=O) groups is 1. The second-order valence-electron chi connectivity index (χ2n) is 8.71. The maximum Gasteiger partial charge on any atom is 0.264 e. The number of sulfonamides is 1. The van der Waals surface area contributed by atoms with Crippen LogP contribution in [0.1, 0.15) is 29.7 Å². The maximum absolute atomic E-state index is 13.7. The molecular weight excluding hydrogens is 503 g/mol. The van der Waals surface area contributed by atoms with Crippen molar-refractivity contribution in [1.82, 2.24) is 5.32 Å². The maximum atomic E-state index is 13.7. The molecule has 1 amide bonds. The van der Waals surface area contributed by atoms with Crippen LogP contribution in [0, 0.1) is 12.7 Å². The number of nitrogens with zero attached hydrogens (tertiary/aromatic N) is 1. The number of rotatable bonds is 10. The number of hydrogen-bond acceptors (Lipinski definition) is 4. The van der Waals surface area contributed by atoms with Crippen LogP contribution in [0.4, 0.5) is 10.1 Å². The van der Waals surface area contributed by atoms with Crippen LogP contribution in [0.25, 0.3) is 0 Å². The highest BCUT2D eigenvalue weighted by Gasteiger charge is 2.28. The molecule has 0 aromatic heterocycles. The van der Waals surface area contributed by atoms with E-state index in [1.807, 2.05) is 68.4 Å². The third kappa shape index (κ3) is 6.39. The van der Waals surface area contributed by atoms with E-state index in [2.05, 4.69) is 5.32 Å². The largest absolute Gasteiger partial charge is 0.494 e. The zero-order valence-electron chi connectivity index (χ0n) is 21.2. The average molecular weight is 533 g/mol. The Morgan fingerprint density at radius 1 is 0.868 bits per heavy atom. The Morgan fingerprint density at radius 2 is 1.47 bits per heavy atom. The van der Waals surface area contributed by atoms with Crippen LogP contribution in [-0.4, -0.2) is 27.5 Å². The van der Waals surface area contributed by atoms with Crippen LogP contribution in [0.2, 0.25) is 0 Å². The van der Waals surface area contributed by atoms with Gasteiger partial charge in [0.1, 0.15) is 18.1 Å². The van der Waals surface area contributed by atoms with Crippen LogP contribution in [0.15, 0.2) is 108 Å². The van der Waals surface area contributed by atoms with E-state index in [9.17, 15) is 17.6 Å². The molecule has 38 heavy (non-hydrogen) atoms. The molecule has 0 aliphatic carbocycles. The van der Waals surface area contributed by atoms with E-state index < -0.39 is 34.3 Å². The number of aryl methyl sites for hydroxylation is 1. The fraction of sp³-hybridized carbons (Fsp3) is 0.167. The summed E-state index contributed by atoms with van der Waals surface area (Å²) < 4.78 is 47.5. The molecule has 0 saturated heterocycles. The standard InChI is InChI=1S/C30H29FN2O4S/c1-3-37-27-17-19-28(20-18-27)38(35,36)33(26-15-13-25(31)14-16-26)21-29(34)32-30(23-7-5-4-6-8-23)24-11-9-22(2)10-12-24/h4-20,30H,3,21H2,1-2H3,(H,32,34)/t30-/m0/s1. The van der Waals surface area contributed by atoms with Gasteiger partial charge in [-0.05, 0) is 73.5 Å². The topological polar surface area (TPSA) is 75.7 Å². The Bertz CT molecular complexity index is 1460. The molecular formula is C30H29FN2O4S. The molecule has 0 spiro atoms. The number of ether oxygens (including phenoxy) is 1. The normalized spacial score (nSPS) is 12.0. The molecule has 4 aromatic rings. The molecule has 0 aliphatic rings. The minimum absolute atomic E-state index is 0.0174. The van der Waals surface area contributed by atoms with Gasteiger partial charge in [-0.3, -0.25) is 9.10 Å². The van der Waals surface area contributed by atoms with Crippen molar-refractivity contribution < 1.29 is 22.3 Å². The van der Waals surface area contributed by atoms with Crippen LogP contribution < -0.4 is 14.4 Å². The summed E-state index contributed by atoms with van der Waals surface area (Å²) in [7, 11) is -4.17. The summed E-state index contributed by atoms with van der Waals surface area (Å²) in [4.78, 5) is 13.4. The molecule has 196 valence electrons. The van der Waals surface area contributed by atoms with Gasteiger partial charge in [-0.1, -0.05) is 60.2 Å². The van der Waals surface area contributed by atoms with E-state index in [4.69, 9.17) is 4.74 Å². The molecule has 0 bridgehead atoms. The van der Waals surface area contributed by atoms with Crippen LogP contribution >= 0.6 is 0 Å². The molecule has 8 heteroatoms. The Balaban J connectivity index is 1.66. The van der Waals surface area contributed by atoms with Gasteiger partial charge in [0, 0.05) is 0 Å². The molecule has 0 fully saturated rings. The zero-order valence-corrected chi connectivity index (χ0v) is 22.0. The fourth-order valence-electron chi connectivity index (χ4n) is 4.02. The Kier molecular flexibility index (Phi) is 8.43. The van der Waals surface area contributed by atoms with E-state index >= 15 is 0 Å². The first-order chi connectivity index (χ1) is 18.3. The third-order valence-electron chi connectivity index (χ3n) is 5.97. The van der Waals surface area contributed by atoms with Gasteiger partial charge in [-0.15, -0.1) is 0 Å². The van der Waals surface area contributed by atoms with Gasteiger partial charge in [-0.25, -0.2) is 12.8 Å². The van der Waals surface area contributed by atoms with Crippen molar-refractivity contribution in [2.45, 2.75) is 24.8 Å². The zero-order chi connectivity index (χ0) is 27.1. The van der Waals surface area contributed by atoms with E-state index in [-0.39, 0.29) is 10.6 Å². The second kappa shape index (κ2) is 11.9. The third-order valence-corrected chi connectivity index (χ3v) is 7.76. The quantitative estimate of drug-likeness (QED) is 0.287. The SMILES string of the molecule is CCOc1ccc(S(=O)(=O)N(CC(=O)N[C@@H](c2ccccc2)c2ccc(C)cc2)c2ccc(F)cc2)cc1. The highest BCUT2D eigenvalue weighted by Crippen LogP contribution is 2.27. The summed E-state index contributed by atoms with van der Waals surface area (Å²) >= 11 is 0. The van der Waals surface area contributed by atoms with Crippen LogP contribution in [-0.2, 0) is 14.8 Å². The fourth-order valence-corrected chi connectivity index (χ4v) is 5.45. The van der Waals surface area contributed by atoms with E-state index in [1.54, 1.807) is 12.1 Å². The lowest BCUT2D eigenvalue weighted by Crippen LogP contribution is -2.42. The summed E-state index contributed by atoms with van der Waals surface area (Å²) in [6.07, 6.45) is 0. The average Bonchev–Trinajstić information content (AvgIpc) is 2.92. The van der Waals surface area contributed by atoms with Crippen molar-refractivity contribution in [2.24, 2.45) is 0 Å². The first-order valence-corrected chi connectivity index (χ1v) is 13.6.